The smallest absolute Gasteiger partial charge is 0.246 e. The molecule has 3 aliphatic heterocycles. The minimum atomic E-state index is -1.16. The number of nitrogens with one attached hydrogen (secondary N) is 2. The molecule has 3 heterocycles. The van der Waals surface area contributed by atoms with E-state index in [1.54, 1.807) is 36.3 Å². The fraction of sp³-hybridized carbons (Fsp3) is 0.607. The Kier molecular flexibility index (Phi) is 6.14. The van der Waals surface area contributed by atoms with E-state index in [1.807, 2.05) is 32.9 Å². The zero-order valence-electron chi connectivity index (χ0n) is 21.7. The zero-order chi connectivity index (χ0) is 25.8. The summed E-state index contributed by atoms with van der Waals surface area (Å²) in [6, 6.07) is 6.35. The van der Waals surface area contributed by atoms with Crippen molar-refractivity contribution < 1.29 is 23.9 Å². The third kappa shape index (κ3) is 3.90. The first kappa shape index (κ1) is 24.8. The van der Waals surface area contributed by atoms with E-state index in [4.69, 9.17) is 9.47 Å². The summed E-state index contributed by atoms with van der Waals surface area (Å²) in [6.45, 7) is 7.94. The van der Waals surface area contributed by atoms with Crippen molar-refractivity contribution in [3.63, 3.8) is 0 Å². The number of hydrogen-bond acceptors (Lipinski definition) is 5. The molecule has 2 saturated heterocycles. The first-order valence-corrected chi connectivity index (χ1v) is 13.0. The lowest BCUT2D eigenvalue weighted by Crippen LogP contribution is -2.61. The van der Waals surface area contributed by atoms with Crippen LogP contribution in [0.2, 0.25) is 0 Å². The van der Waals surface area contributed by atoms with E-state index in [9.17, 15) is 14.4 Å². The molecule has 1 aliphatic carbocycles. The van der Waals surface area contributed by atoms with Gasteiger partial charge in [0.1, 0.15) is 17.4 Å². The lowest BCUT2D eigenvalue weighted by molar-refractivity contribution is -0.147. The van der Waals surface area contributed by atoms with Gasteiger partial charge in [-0.05, 0) is 51.7 Å². The normalized spacial score (nSPS) is 35.0. The van der Waals surface area contributed by atoms with E-state index in [0.717, 1.165) is 19.3 Å². The van der Waals surface area contributed by atoms with Crippen LogP contribution in [0.3, 0.4) is 0 Å². The van der Waals surface area contributed by atoms with Crippen LogP contribution in [-0.2, 0) is 19.1 Å². The van der Waals surface area contributed by atoms with Gasteiger partial charge in [-0.2, -0.15) is 0 Å². The maximum absolute atomic E-state index is 14.0. The van der Waals surface area contributed by atoms with Crippen molar-refractivity contribution in [3.8, 4) is 5.75 Å². The number of carbonyl (C=O) groups excluding carboxylic acids is 3. The summed E-state index contributed by atoms with van der Waals surface area (Å²) in [5.74, 6) is -1.20. The summed E-state index contributed by atoms with van der Waals surface area (Å²) >= 11 is 0. The Morgan fingerprint density at radius 2 is 1.92 bits per heavy atom. The molecule has 8 heteroatoms. The van der Waals surface area contributed by atoms with Gasteiger partial charge < -0.3 is 25.0 Å². The Bertz CT molecular complexity index is 1090. The average molecular weight is 496 g/mol. The van der Waals surface area contributed by atoms with Gasteiger partial charge in [0.25, 0.3) is 0 Å². The number of ether oxygens (including phenoxy) is 2. The molecule has 1 aromatic carbocycles. The van der Waals surface area contributed by atoms with Gasteiger partial charge in [-0.15, -0.1) is 0 Å². The number of hydrogen-bond donors (Lipinski definition) is 2. The molecule has 2 N–H and O–H groups in total. The standard InChI is InChI=1S/C28H37N3O5/c1-16-9-6-7-12-19(16)30-25(33)23-28-14-13-20(36-28)21(22(28)26(34)31(23)27(2,3)4)24(32)29-17-10-8-11-18(15-17)35-5/h8,10-11,13-16,19-23H,6-7,9,12H2,1-5H3,(H,29,32)(H,30,33)/t16?,19?,20-,21-,22+,23?,28+/m0/s1. The summed E-state index contributed by atoms with van der Waals surface area (Å²) in [5, 5.41) is 6.20. The van der Waals surface area contributed by atoms with Crippen LogP contribution in [0.15, 0.2) is 36.4 Å². The molecule has 4 aliphatic rings. The van der Waals surface area contributed by atoms with E-state index in [0.29, 0.717) is 17.4 Å². The summed E-state index contributed by atoms with van der Waals surface area (Å²) in [7, 11) is 1.57. The lowest BCUT2D eigenvalue weighted by atomic mass is 9.74. The molecule has 3 fully saturated rings. The largest absolute Gasteiger partial charge is 0.497 e. The molecule has 7 atom stereocenters. The maximum atomic E-state index is 14.0. The van der Waals surface area contributed by atoms with Crippen LogP contribution in [0.25, 0.3) is 0 Å². The predicted octanol–water partition coefficient (Wildman–Crippen LogP) is 3.28. The van der Waals surface area contributed by atoms with Crippen LogP contribution < -0.4 is 15.4 Å². The van der Waals surface area contributed by atoms with E-state index in [1.165, 1.54) is 6.42 Å². The zero-order valence-corrected chi connectivity index (χ0v) is 21.7. The number of benzene rings is 1. The van der Waals surface area contributed by atoms with Gasteiger partial charge in [0, 0.05) is 23.3 Å². The van der Waals surface area contributed by atoms with E-state index >= 15 is 0 Å². The predicted molar refractivity (Wildman–Crippen MR) is 135 cm³/mol. The molecular weight excluding hydrogens is 458 g/mol. The monoisotopic (exact) mass is 495 g/mol. The van der Waals surface area contributed by atoms with Gasteiger partial charge >= 0.3 is 0 Å². The maximum Gasteiger partial charge on any atom is 0.246 e. The molecule has 2 bridgehead atoms. The van der Waals surface area contributed by atoms with Crippen LogP contribution in [0.4, 0.5) is 5.69 Å². The van der Waals surface area contributed by atoms with Crippen molar-refractivity contribution in [2.24, 2.45) is 17.8 Å². The number of nitrogens with zero attached hydrogens (tertiary/aromatic N) is 1. The Morgan fingerprint density at radius 1 is 1.17 bits per heavy atom. The number of rotatable bonds is 5. The second-order valence-corrected chi connectivity index (χ2v) is 11.7. The number of amides is 3. The molecular formula is C28H37N3O5. The highest BCUT2D eigenvalue weighted by atomic mass is 16.5. The van der Waals surface area contributed by atoms with Crippen molar-refractivity contribution >= 4 is 23.4 Å². The SMILES string of the molecule is COc1cccc(NC(=O)[C@H]2[C@@H]3C=C[C@]4(O3)C(C(=O)NC3CCCCC3C)N(C(C)(C)C)C(=O)[C@@H]24)c1. The summed E-state index contributed by atoms with van der Waals surface area (Å²) < 4.78 is 11.7. The molecule has 1 spiro atoms. The first-order valence-electron chi connectivity index (χ1n) is 13.0. The van der Waals surface area contributed by atoms with Crippen LogP contribution in [0.1, 0.15) is 53.4 Å². The number of carbonyl (C=O) groups is 3. The van der Waals surface area contributed by atoms with Crippen LogP contribution in [-0.4, -0.2) is 59.1 Å². The highest BCUT2D eigenvalue weighted by Crippen LogP contribution is 2.56. The van der Waals surface area contributed by atoms with Crippen LogP contribution in [0, 0.1) is 17.8 Å². The Hall–Kier alpha value is -2.87. The van der Waals surface area contributed by atoms with Gasteiger partial charge in [-0.1, -0.05) is 38.0 Å². The van der Waals surface area contributed by atoms with E-state index < -0.39 is 35.1 Å². The quantitative estimate of drug-likeness (QED) is 0.611. The highest BCUT2D eigenvalue weighted by Gasteiger charge is 2.74. The Balaban J connectivity index is 1.46. The molecule has 1 aromatic rings. The molecule has 0 aromatic heterocycles. The highest BCUT2D eigenvalue weighted by molar-refractivity contribution is 6.03. The van der Waals surface area contributed by atoms with E-state index in [2.05, 4.69) is 17.6 Å². The second-order valence-electron chi connectivity index (χ2n) is 11.7. The first-order chi connectivity index (χ1) is 17.1. The van der Waals surface area contributed by atoms with Gasteiger partial charge in [-0.25, -0.2) is 0 Å². The molecule has 3 amide bonds. The summed E-state index contributed by atoms with van der Waals surface area (Å²) in [6.07, 6.45) is 7.41. The lowest BCUT2D eigenvalue weighted by Gasteiger charge is -2.41. The fourth-order valence-corrected chi connectivity index (χ4v) is 6.61. The molecule has 1 saturated carbocycles. The number of fused-ring (bicyclic) bond motifs is 1. The number of likely N-dealkylation sites (tertiary alicyclic amines) is 1. The summed E-state index contributed by atoms with van der Waals surface area (Å²) in [5.41, 5.74) is -1.20. The van der Waals surface area contributed by atoms with Crippen LogP contribution in [0.5, 0.6) is 5.75 Å². The van der Waals surface area contributed by atoms with Gasteiger partial charge in [-0.3, -0.25) is 14.4 Å². The molecule has 3 unspecified atom stereocenters. The minimum Gasteiger partial charge on any atom is -0.497 e. The molecule has 194 valence electrons. The Labute approximate surface area is 212 Å². The van der Waals surface area contributed by atoms with Crippen molar-refractivity contribution in [1.82, 2.24) is 10.2 Å². The number of anilines is 1. The van der Waals surface area contributed by atoms with Crippen molar-refractivity contribution in [2.75, 3.05) is 12.4 Å². The topological polar surface area (TPSA) is 97.0 Å². The van der Waals surface area contributed by atoms with Crippen molar-refractivity contribution in [2.45, 2.75) is 82.7 Å². The fourth-order valence-electron chi connectivity index (χ4n) is 6.61. The average Bonchev–Trinajstić information content (AvgIpc) is 3.47. The number of methoxy groups -OCH3 is 1. The van der Waals surface area contributed by atoms with Crippen molar-refractivity contribution in [1.29, 1.82) is 0 Å². The van der Waals surface area contributed by atoms with Gasteiger partial charge in [0.05, 0.1) is 25.0 Å². The molecule has 0 radical (unpaired) electrons. The van der Waals surface area contributed by atoms with Gasteiger partial charge in [0.2, 0.25) is 17.7 Å². The molecule has 36 heavy (non-hydrogen) atoms. The Morgan fingerprint density at radius 3 is 2.61 bits per heavy atom. The van der Waals surface area contributed by atoms with Gasteiger partial charge in [0.15, 0.2) is 0 Å². The third-order valence-electron chi connectivity index (χ3n) is 8.33. The third-order valence-corrected chi connectivity index (χ3v) is 8.33. The summed E-state index contributed by atoms with van der Waals surface area (Å²) in [4.78, 5) is 43.1. The van der Waals surface area contributed by atoms with Crippen LogP contribution >= 0.6 is 0 Å². The minimum absolute atomic E-state index is 0.0772. The molecule has 5 rings (SSSR count). The second kappa shape index (κ2) is 8.91. The van der Waals surface area contributed by atoms with Crippen molar-refractivity contribution in [3.05, 3.63) is 36.4 Å². The molecule has 8 nitrogen and oxygen atoms in total. The van der Waals surface area contributed by atoms with E-state index in [-0.39, 0.29) is 23.8 Å².